The minimum Gasteiger partial charge on any atom is -0.497 e. The van der Waals surface area contributed by atoms with E-state index in [4.69, 9.17) is 4.74 Å². The van der Waals surface area contributed by atoms with Gasteiger partial charge < -0.3 is 4.74 Å². The van der Waals surface area contributed by atoms with Crippen LogP contribution in [0, 0.1) is 23.2 Å². The van der Waals surface area contributed by atoms with Gasteiger partial charge in [0.15, 0.2) is 0 Å². The zero-order valence-electron chi connectivity index (χ0n) is 14.5. The molecule has 4 aliphatic carbocycles. The van der Waals surface area contributed by atoms with Crippen LogP contribution < -0.4 is 10.2 Å². The van der Waals surface area contributed by atoms with Crippen molar-refractivity contribution >= 4 is 11.6 Å². The fourth-order valence-electron chi connectivity index (χ4n) is 5.64. The van der Waals surface area contributed by atoms with Gasteiger partial charge in [-0.3, -0.25) is 4.79 Å². The van der Waals surface area contributed by atoms with Crippen LogP contribution in [0.2, 0.25) is 0 Å². The molecule has 24 heavy (non-hydrogen) atoms. The van der Waals surface area contributed by atoms with E-state index in [0.717, 1.165) is 23.5 Å². The summed E-state index contributed by atoms with van der Waals surface area (Å²) in [6.07, 6.45) is 8.06. The minimum absolute atomic E-state index is 0.169. The molecule has 0 unspecified atom stereocenters. The Balaban J connectivity index is 1.48. The SMILES string of the molecule is COc1cccc(C(=O)NN=C(C)C23CC4CC(CC(C4)C2)C3)c1. The number of ether oxygens (including phenoxy) is 1. The quantitative estimate of drug-likeness (QED) is 0.671. The predicted molar refractivity (Wildman–Crippen MR) is 94.2 cm³/mol. The summed E-state index contributed by atoms with van der Waals surface area (Å²) in [6.45, 7) is 2.11. The van der Waals surface area contributed by atoms with Crippen molar-refractivity contribution in [2.24, 2.45) is 28.3 Å². The van der Waals surface area contributed by atoms with E-state index < -0.39 is 0 Å². The zero-order valence-corrected chi connectivity index (χ0v) is 14.5. The van der Waals surface area contributed by atoms with Crippen LogP contribution in [-0.2, 0) is 0 Å². The molecule has 0 aliphatic heterocycles. The highest BCUT2D eigenvalue weighted by Gasteiger charge is 2.52. The maximum atomic E-state index is 12.4. The van der Waals surface area contributed by atoms with Gasteiger partial charge in [-0.2, -0.15) is 5.10 Å². The van der Waals surface area contributed by atoms with E-state index in [-0.39, 0.29) is 11.3 Å². The van der Waals surface area contributed by atoms with Gasteiger partial charge in [0.1, 0.15) is 5.75 Å². The van der Waals surface area contributed by atoms with Crippen molar-refractivity contribution in [1.82, 2.24) is 5.43 Å². The first-order valence-electron chi connectivity index (χ1n) is 9.07. The number of amides is 1. The number of carbonyl (C=O) groups is 1. The average molecular weight is 326 g/mol. The van der Waals surface area contributed by atoms with E-state index in [9.17, 15) is 4.79 Å². The molecule has 4 aliphatic rings. The van der Waals surface area contributed by atoms with Gasteiger partial charge in [0.05, 0.1) is 7.11 Å². The Labute approximate surface area is 143 Å². The Morgan fingerprint density at radius 3 is 2.38 bits per heavy atom. The summed E-state index contributed by atoms with van der Waals surface area (Å²) in [5.41, 5.74) is 4.72. The molecular formula is C20H26N2O2. The van der Waals surface area contributed by atoms with E-state index in [1.54, 1.807) is 19.2 Å². The topological polar surface area (TPSA) is 50.7 Å². The number of rotatable bonds is 4. The molecule has 4 saturated carbocycles. The summed E-state index contributed by atoms with van der Waals surface area (Å²) in [7, 11) is 1.60. The second-order valence-electron chi connectivity index (χ2n) is 8.07. The number of hydrazone groups is 1. The number of hydrogen-bond acceptors (Lipinski definition) is 3. The first-order chi connectivity index (χ1) is 11.6. The van der Waals surface area contributed by atoms with Gasteiger partial charge in [-0.15, -0.1) is 0 Å². The summed E-state index contributed by atoms with van der Waals surface area (Å²) < 4.78 is 5.18. The van der Waals surface area contributed by atoms with Crippen molar-refractivity contribution in [3.8, 4) is 5.75 Å². The van der Waals surface area contributed by atoms with Crippen LogP contribution >= 0.6 is 0 Å². The first kappa shape index (κ1) is 15.7. The van der Waals surface area contributed by atoms with E-state index >= 15 is 0 Å². The molecule has 1 aromatic carbocycles. The summed E-state index contributed by atoms with van der Waals surface area (Å²) in [6, 6.07) is 7.18. The molecule has 4 nitrogen and oxygen atoms in total. The molecule has 4 fully saturated rings. The zero-order chi connectivity index (χ0) is 16.7. The molecule has 4 heteroatoms. The summed E-state index contributed by atoms with van der Waals surface area (Å²) in [5, 5.41) is 4.52. The van der Waals surface area contributed by atoms with Crippen molar-refractivity contribution in [2.45, 2.75) is 45.4 Å². The van der Waals surface area contributed by atoms with Crippen LogP contribution in [0.25, 0.3) is 0 Å². The fraction of sp³-hybridized carbons (Fsp3) is 0.600. The molecule has 0 atom stereocenters. The molecule has 0 saturated heterocycles. The van der Waals surface area contributed by atoms with Crippen LogP contribution in [-0.4, -0.2) is 18.7 Å². The Morgan fingerprint density at radius 2 is 1.79 bits per heavy atom. The van der Waals surface area contributed by atoms with Crippen LogP contribution in [0.3, 0.4) is 0 Å². The van der Waals surface area contributed by atoms with Crippen molar-refractivity contribution < 1.29 is 9.53 Å². The van der Waals surface area contributed by atoms with Crippen LogP contribution in [0.1, 0.15) is 55.8 Å². The van der Waals surface area contributed by atoms with E-state index in [0.29, 0.717) is 11.3 Å². The Hall–Kier alpha value is -1.84. The largest absolute Gasteiger partial charge is 0.497 e. The Kier molecular flexibility index (Phi) is 3.86. The van der Waals surface area contributed by atoms with Gasteiger partial charge in [0, 0.05) is 16.7 Å². The Bertz CT molecular complexity index is 645. The highest BCUT2D eigenvalue weighted by molar-refractivity contribution is 5.96. The highest BCUT2D eigenvalue weighted by Crippen LogP contribution is 2.60. The molecule has 1 aromatic rings. The lowest BCUT2D eigenvalue weighted by atomic mass is 9.48. The lowest BCUT2D eigenvalue weighted by Gasteiger charge is -2.56. The first-order valence-corrected chi connectivity index (χ1v) is 9.07. The van der Waals surface area contributed by atoms with Gasteiger partial charge in [0.2, 0.25) is 0 Å². The standard InChI is InChI=1S/C20H26N2O2/c1-13(20-10-14-6-15(11-20)8-16(7-14)12-20)21-22-19(23)17-4-3-5-18(9-17)24-2/h3-5,9,14-16H,6-8,10-12H2,1-2H3,(H,22,23). The van der Waals surface area contributed by atoms with Gasteiger partial charge in [-0.1, -0.05) is 6.07 Å². The number of nitrogens with zero attached hydrogens (tertiary/aromatic N) is 1. The molecule has 5 rings (SSSR count). The third kappa shape index (κ3) is 2.72. The van der Waals surface area contributed by atoms with Crippen LogP contribution in [0.15, 0.2) is 29.4 Å². The average Bonchev–Trinajstić information content (AvgIpc) is 2.58. The monoisotopic (exact) mass is 326 g/mol. The third-order valence-corrected chi connectivity index (χ3v) is 6.46. The van der Waals surface area contributed by atoms with Gasteiger partial charge in [-0.05, 0) is 81.4 Å². The summed E-state index contributed by atoms with van der Waals surface area (Å²) in [4.78, 5) is 12.4. The molecule has 0 spiro atoms. The molecule has 1 N–H and O–H groups in total. The number of hydrogen-bond donors (Lipinski definition) is 1. The smallest absolute Gasteiger partial charge is 0.271 e. The molecule has 128 valence electrons. The number of nitrogens with one attached hydrogen (secondary N) is 1. The lowest BCUT2D eigenvalue weighted by Crippen LogP contribution is -2.49. The predicted octanol–water partition coefficient (Wildman–Crippen LogP) is 4.02. The maximum absolute atomic E-state index is 12.4. The highest BCUT2D eigenvalue weighted by atomic mass is 16.5. The third-order valence-electron chi connectivity index (χ3n) is 6.46. The van der Waals surface area contributed by atoms with Crippen molar-refractivity contribution in [2.75, 3.05) is 7.11 Å². The normalized spacial score (nSPS) is 34.2. The molecule has 0 heterocycles. The maximum Gasteiger partial charge on any atom is 0.271 e. The molecule has 1 amide bonds. The van der Waals surface area contributed by atoms with Gasteiger partial charge >= 0.3 is 0 Å². The van der Waals surface area contributed by atoms with Gasteiger partial charge in [0.25, 0.3) is 5.91 Å². The van der Waals surface area contributed by atoms with Gasteiger partial charge in [-0.25, -0.2) is 5.43 Å². The van der Waals surface area contributed by atoms with Crippen molar-refractivity contribution in [1.29, 1.82) is 0 Å². The fourth-order valence-corrected chi connectivity index (χ4v) is 5.64. The molecule has 0 aromatic heterocycles. The summed E-state index contributed by atoms with van der Waals surface area (Å²) >= 11 is 0. The number of methoxy groups -OCH3 is 1. The molecule has 4 bridgehead atoms. The van der Waals surface area contributed by atoms with Crippen molar-refractivity contribution in [3.63, 3.8) is 0 Å². The Morgan fingerprint density at radius 1 is 1.17 bits per heavy atom. The van der Waals surface area contributed by atoms with Crippen molar-refractivity contribution in [3.05, 3.63) is 29.8 Å². The second kappa shape index (κ2) is 5.91. The van der Waals surface area contributed by atoms with E-state index in [1.165, 1.54) is 38.5 Å². The number of carbonyl (C=O) groups excluding carboxylic acids is 1. The lowest BCUT2D eigenvalue weighted by molar-refractivity contribution is -0.0128. The minimum atomic E-state index is -0.169. The molecular weight excluding hydrogens is 300 g/mol. The molecule has 0 radical (unpaired) electrons. The second-order valence-corrected chi connectivity index (χ2v) is 8.07. The van der Waals surface area contributed by atoms with Crippen LogP contribution in [0.5, 0.6) is 5.75 Å². The summed E-state index contributed by atoms with van der Waals surface area (Å²) in [5.74, 6) is 3.17. The van der Waals surface area contributed by atoms with E-state index in [1.807, 2.05) is 12.1 Å². The van der Waals surface area contributed by atoms with Crippen LogP contribution in [0.4, 0.5) is 0 Å². The number of benzene rings is 1. The van der Waals surface area contributed by atoms with E-state index in [2.05, 4.69) is 17.5 Å².